The minimum absolute atomic E-state index is 0.107. The second-order valence-corrected chi connectivity index (χ2v) is 8.57. The molecule has 3 nitrogen and oxygen atoms in total. The lowest BCUT2D eigenvalue weighted by Gasteiger charge is -2.36. The maximum atomic E-state index is 14.8. The fraction of sp³-hybridized carbons (Fsp3) is 0.370. The van der Waals surface area contributed by atoms with Crippen LogP contribution in [0.15, 0.2) is 60.7 Å². The highest BCUT2D eigenvalue weighted by Crippen LogP contribution is 2.42. The van der Waals surface area contributed by atoms with Gasteiger partial charge in [0.05, 0.1) is 11.5 Å². The molecule has 1 amide bonds. The smallest absolute Gasteiger partial charge is 0.235 e. The molecule has 0 aliphatic heterocycles. The van der Waals surface area contributed by atoms with Gasteiger partial charge >= 0.3 is 0 Å². The number of rotatable bonds is 6. The monoisotopic (exact) mass is 419 g/mol. The van der Waals surface area contributed by atoms with Gasteiger partial charge in [0.1, 0.15) is 11.6 Å². The quantitative estimate of drug-likeness (QED) is 0.467. The zero-order valence-electron chi connectivity index (χ0n) is 18.3. The van der Waals surface area contributed by atoms with Gasteiger partial charge in [0, 0.05) is 22.0 Å². The van der Waals surface area contributed by atoms with Crippen LogP contribution in [0.3, 0.4) is 0 Å². The fourth-order valence-corrected chi connectivity index (χ4v) is 4.65. The average Bonchev–Trinajstić information content (AvgIpc) is 2.81. The third-order valence-electron chi connectivity index (χ3n) is 6.57. The van der Waals surface area contributed by atoms with Crippen molar-refractivity contribution in [2.75, 3.05) is 5.32 Å². The van der Waals surface area contributed by atoms with Crippen LogP contribution in [0.5, 0.6) is 5.75 Å². The highest BCUT2D eigenvalue weighted by Gasteiger charge is 2.43. The van der Waals surface area contributed by atoms with Crippen molar-refractivity contribution < 1.29 is 13.9 Å². The van der Waals surface area contributed by atoms with Crippen LogP contribution >= 0.6 is 0 Å². The minimum Gasteiger partial charge on any atom is -0.490 e. The Morgan fingerprint density at radius 1 is 1.00 bits per heavy atom. The molecule has 0 saturated heterocycles. The minimum atomic E-state index is -0.837. The molecule has 1 N–H and O–H groups in total. The Kier molecular flexibility index (Phi) is 6.26. The Bertz CT molecular complexity index is 1070. The highest BCUT2D eigenvalue weighted by atomic mass is 19.1. The van der Waals surface area contributed by atoms with Crippen LogP contribution in [0.4, 0.5) is 10.1 Å². The van der Waals surface area contributed by atoms with E-state index in [-0.39, 0.29) is 17.8 Å². The van der Waals surface area contributed by atoms with Gasteiger partial charge < -0.3 is 10.1 Å². The number of benzene rings is 3. The van der Waals surface area contributed by atoms with Crippen LogP contribution in [-0.4, -0.2) is 12.0 Å². The standard InChI is InChI=1S/C27H30FNO2/c1-3-19(2)31-25-16-15-24(20-11-5-6-12-21(20)25)29-26(30)27(17-9-4-10-18-27)22-13-7-8-14-23(22)28/h5-8,11-16,19H,3-4,9-10,17-18H2,1-2H3,(H,29,30)/t19-/m1/s1. The van der Waals surface area contributed by atoms with Gasteiger partial charge in [-0.15, -0.1) is 0 Å². The SMILES string of the molecule is CC[C@@H](C)Oc1ccc(NC(=O)C2(c3ccccc3F)CCCCC2)c2ccccc12. The van der Waals surface area contributed by atoms with E-state index in [1.54, 1.807) is 12.1 Å². The second-order valence-electron chi connectivity index (χ2n) is 8.57. The van der Waals surface area contributed by atoms with Crippen LogP contribution < -0.4 is 10.1 Å². The molecule has 1 atom stereocenters. The Morgan fingerprint density at radius 2 is 1.68 bits per heavy atom. The number of amides is 1. The van der Waals surface area contributed by atoms with E-state index in [1.165, 1.54) is 6.07 Å². The predicted molar refractivity (Wildman–Crippen MR) is 124 cm³/mol. The van der Waals surface area contributed by atoms with Gasteiger partial charge in [0.2, 0.25) is 5.91 Å². The number of fused-ring (bicyclic) bond motifs is 1. The molecule has 1 aliphatic rings. The van der Waals surface area contributed by atoms with Crippen LogP contribution in [0, 0.1) is 5.82 Å². The van der Waals surface area contributed by atoms with Crippen molar-refractivity contribution >= 4 is 22.4 Å². The van der Waals surface area contributed by atoms with Gasteiger partial charge in [0.15, 0.2) is 0 Å². The van der Waals surface area contributed by atoms with Crippen molar-refractivity contribution in [1.29, 1.82) is 0 Å². The summed E-state index contributed by atoms with van der Waals surface area (Å²) in [6, 6.07) is 18.5. The third kappa shape index (κ3) is 4.16. The number of anilines is 1. The number of halogens is 1. The molecule has 0 bridgehead atoms. The van der Waals surface area contributed by atoms with E-state index in [0.29, 0.717) is 18.4 Å². The summed E-state index contributed by atoms with van der Waals surface area (Å²) in [6.07, 6.45) is 5.26. The first-order valence-electron chi connectivity index (χ1n) is 11.3. The molecule has 0 spiro atoms. The molecule has 31 heavy (non-hydrogen) atoms. The molecular weight excluding hydrogens is 389 g/mol. The molecular formula is C27H30FNO2. The average molecular weight is 420 g/mol. The first kappa shape index (κ1) is 21.4. The van der Waals surface area contributed by atoms with Crippen molar-refractivity contribution in [3.63, 3.8) is 0 Å². The number of hydrogen-bond donors (Lipinski definition) is 1. The van der Waals surface area contributed by atoms with Crippen molar-refractivity contribution in [2.24, 2.45) is 0 Å². The van der Waals surface area contributed by atoms with Gasteiger partial charge in [-0.2, -0.15) is 0 Å². The molecule has 4 rings (SSSR count). The molecule has 3 aromatic carbocycles. The van der Waals surface area contributed by atoms with Crippen molar-refractivity contribution in [3.05, 3.63) is 72.0 Å². The zero-order chi connectivity index (χ0) is 21.8. The fourth-order valence-electron chi connectivity index (χ4n) is 4.65. The van der Waals surface area contributed by atoms with Crippen molar-refractivity contribution in [2.45, 2.75) is 63.9 Å². The number of carbonyl (C=O) groups excluding carboxylic acids is 1. The summed E-state index contributed by atoms with van der Waals surface area (Å²) in [7, 11) is 0. The lowest BCUT2D eigenvalue weighted by atomic mass is 9.68. The Balaban J connectivity index is 1.72. The van der Waals surface area contributed by atoms with Crippen LogP contribution in [0.2, 0.25) is 0 Å². The van der Waals surface area contributed by atoms with E-state index in [9.17, 15) is 9.18 Å². The summed E-state index contributed by atoms with van der Waals surface area (Å²) >= 11 is 0. The van der Waals surface area contributed by atoms with Crippen LogP contribution in [0.25, 0.3) is 10.8 Å². The van der Waals surface area contributed by atoms with E-state index in [2.05, 4.69) is 12.2 Å². The van der Waals surface area contributed by atoms with Crippen LogP contribution in [0.1, 0.15) is 57.9 Å². The molecule has 0 radical (unpaired) electrons. The normalized spacial score (nSPS) is 16.6. The van der Waals surface area contributed by atoms with Crippen LogP contribution in [-0.2, 0) is 10.2 Å². The van der Waals surface area contributed by atoms with E-state index < -0.39 is 5.41 Å². The molecule has 162 valence electrons. The Labute approximate surface area is 183 Å². The second kappa shape index (κ2) is 9.09. The number of carbonyl (C=O) groups is 1. The molecule has 3 aromatic rings. The molecule has 0 unspecified atom stereocenters. The Morgan fingerprint density at radius 3 is 2.39 bits per heavy atom. The van der Waals surface area contributed by atoms with Gasteiger partial charge in [0.25, 0.3) is 0 Å². The molecule has 0 aromatic heterocycles. The summed E-state index contributed by atoms with van der Waals surface area (Å²) in [5.41, 5.74) is 0.406. The van der Waals surface area contributed by atoms with Gasteiger partial charge in [-0.25, -0.2) is 4.39 Å². The number of hydrogen-bond acceptors (Lipinski definition) is 2. The van der Waals surface area contributed by atoms with E-state index in [4.69, 9.17) is 4.74 Å². The van der Waals surface area contributed by atoms with E-state index in [0.717, 1.165) is 47.9 Å². The maximum Gasteiger partial charge on any atom is 0.235 e. The van der Waals surface area contributed by atoms with E-state index in [1.807, 2.05) is 49.4 Å². The van der Waals surface area contributed by atoms with Gasteiger partial charge in [-0.05, 0) is 44.4 Å². The van der Waals surface area contributed by atoms with Gasteiger partial charge in [-0.1, -0.05) is 68.7 Å². The summed E-state index contributed by atoms with van der Waals surface area (Å²) in [5, 5.41) is 5.04. The highest BCUT2D eigenvalue weighted by molar-refractivity contribution is 6.07. The van der Waals surface area contributed by atoms with Gasteiger partial charge in [-0.3, -0.25) is 4.79 Å². The zero-order valence-corrected chi connectivity index (χ0v) is 18.3. The largest absolute Gasteiger partial charge is 0.490 e. The third-order valence-corrected chi connectivity index (χ3v) is 6.57. The Hall–Kier alpha value is -2.88. The number of ether oxygens (including phenoxy) is 1. The predicted octanol–water partition coefficient (Wildman–Crippen LogP) is 7.00. The molecule has 1 saturated carbocycles. The summed E-state index contributed by atoms with van der Waals surface area (Å²) < 4.78 is 20.9. The maximum absolute atomic E-state index is 14.8. The summed E-state index contributed by atoms with van der Waals surface area (Å²) in [5.74, 6) is 0.379. The van der Waals surface area contributed by atoms with Crippen molar-refractivity contribution in [1.82, 2.24) is 0 Å². The lowest BCUT2D eigenvalue weighted by Crippen LogP contribution is -2.42. The topological polar surface area (TPSA) is 38.3 Å². The lowest BCUT2D eigenvalue weighted by molar-refractivity contribution is -0.122. The van der Waals surface area contributed by atoms with Crippen molar-refractivity contribution in [3.8, 4) is 5.75 Å². The number of nitrogens with one attached hydrogen (secondary N) is 1. The molecule has 1 aliphatic carbocycles. The summed E-state index contributed by atoms with van der Waals surface area (Å²) in [6.45, 7) is 4.14. The molecule has 0 heterocycles. The first-order valence-corrected chi connectivity index (χ1v) is 11.3. The summed E-state index contributed by atoms with van der Waals surface area (Å²) in [4.78, 5) is 13.7. The molecule has 4 heteroatoms. The first-order chi connectivity index (χ1) is 15.0. The van der Waals surface area contributed by atoms with E-state index >= 15 is 0 Å². The molecule has 1 fully saturated rings.